The van der Waals surface area contributed by atoms with Crippen LogP contribution in [0.1, 0.15) is 12.8 Å². The van der Waals surface area contributed by atoms with Crippen molar-refractivity contribution in [3.8, 4) is 0 Å². The van der Waals surface area contributed by atoms with Gasteiger partial charge in [0.15, 0.2) is 5.76 Å². The highest BCUT2D eigenvalue weighted by molar-refractivity contribution is 5.82. The van der Waals surface area contributed by atoms with Crippen LogP contribution in [0, 0.1) is 5.92 Å². The van der Waals surface area contributed by atoms with Gasteiger partial charge in [-0.05, 0) is 18.4 Å². The first-order chi connectivity index (χ1) is 7.79. The molecule has 0 aromatic rings. The molecule has 0 radical (unpaired) electrons. The molecule has 2 N–H and O–H groups in total. The summed E-state index contributed by atoms with van der Waals surface area (Å²) >= 11 is 0. The van der Waals surface area contributed by atoms with Gasteiger partial charge >= 0.3 is 0 Å². The number of hydrogen-bond donors (Lipinski definition) is 1. The minimum absolute atomic E-state index is 0.424. The minimum Gasteiger partial charge on any atom is -0.466 e. The number of hydrogen-bond acceptors (Lipinski definition) is 3. The number of rotatable bonds is 3. The molecule has 0 bridgehead atoms. The fraction of sp³-hybridized carbons (Fsp3) is 0.250. The average molecular weight is 219 g/mol. The highest BCUT2D eigenvalue weighted by atomic mass is 16.5. The Morgan fingerprint density at radius 3 is 2.88 bits per heavy atom. The maximum atomic E-state index is 11.5. The summed E-state index contributed by atoms with van der Waals surface area (Å²) in [5, 5.41) is 0. The molecule has 0 fully saturated rings. The van der Waals surface area contributed by atoms with Crippen LogP contribution in [0.2, 0.25) is 0 Å². The van der Waals surface area contributed by atoms with Crippen LogP contribution < -0.4 is 5.73 Å². The first-order valence-electron chi connectivity index (χ1n) is 5.11. The molecule has 1 aliphatic carbocycles. The fourth-order valence-corrected chi connectivity index (χ4v) is 1.78. The number of carbonyl (C=O) groups is 1. The third-order valence-corrected chi connectivity index (χ3v) is 2.51. The second kappa shape index (κ2) is 4.70. The van der Waals surface area contributed by atoms with E-state index in [4.69, 9.17) is 15.2 Å². The molecule has 1 amide bonds. The lowest BCUT2D eigenvalue weighted by Gasteiger charge is -2.21. The summed E-state index contributed by atoms with van der Waals surface area (Å²) in [7, 11) is 0. The Morgan fingerprint density at radius 1 is 1.44 bits per heavy atom. The largest absolute Gasteiger partial charge is 0.466 e. The predicted octanol–water partition coefficient (Wildman–Crippen LogP) is 1.72. The Balaban J connectivity index is 2.23. The lowest BCUT2D eigenvalue weighted by atomic mass is 9.90. The highest BCUT2D eigenvalue weighted by Gasteiger charge is 2.27. The van der Waals surface area contributed by atoms with E-state index in [-0.39, 0.29) is 0 Å². The first-order valence-corrected chi connectivity index (χ1v) is 5.11. The van der Waals surface area contributed by atoms with Gasteiger partial charge in [-0.3, -0.25) is 4.79 Å². The summed E-state index contributed by atoms with van der Waals surface area (Å²) in [4.78, 5) is 11.5. The van der Waals surface area contributed by atoms with Crippen molar-refractivity contribution in [3.63, 3.8) is 0 Å². The molecule has 0 spiro atoms. The molecular formula is C12H13NO3. The molecule has 0 aromatic heterocycles. The Kier molecular flexibility index (Phi) is 3.10. The van der Waals surface area contributed by atoms with Gasteiger partial charge in [-0.2, -0.15) is 0 Å². The topological polar surface area (TPSA) is 61.6 Å². The lowest BCUT2D eigenvalue weighted by molar-refractivity contribution is -0.120. The van der Waals surface area contributed by atoms with Crippen LogP contribution in [0.4, 0.5) is 0 Å². The van der Waals surface area contributed by atoms with Gasteiger partial charge in [-0.1, -0.05) is 18.2 Å². The molecule has 4 nitrogen and oxygen atoms in total. The fourth-order valence-electron chi connectivity index (χ4n) is 1.78. The molecule has 84 valence electrons. The number of allylic oxidation sites excluding steroid dienone is 3. The summed E-state index contributed by atoms with van der Waals surface area (Å²) in [5.74, 6) is -0.516. The van der Waals surface area contributed by atoms with Crippen molar-refractivity contribution in [2.45, 2.75) is 12.8 Å². The van der Waals surface area contributed by atoms with Crippen LogP contribution in [-0.4, -0.2) is 5.91 Å². The molecule has 16 heavy (non-hydrogen) atoms. The predicted molar refractivity (Wildman–Crippen MR) is 58.5 cm³/mol. The third-order valence-electron chi connectivity index (χ3n) is 2.51. The summed E-state index contributed by atoms with van der Waals surface area (Å²) in [6.45, 7) is 0. The molecular weight excluding hydrogens is 206 g/mol. The summed E-state index contributed by atoms with van der Waals surface area (Å²) in [5.41, 5.74) is 6.35. The van der Waals surface area contributed by atoms with Crippen molar-refractivity contribution >= 4 is 5.91 Å². The van der Waals surface area contributed by atoms with E-state index in [0.717, 1.165) is 18.4 Å². The SMILES string of the molecule is NC(=O)C(C1=CC=CCC1)C1=COC=CO1. The van der Waals surface area contributed by atoms with Crippen LogP contribution in [0.25, 0.3) is 0 Å². The highest BCUT2D eigenvalue weighted by Crippen LogP contribution is 2.28. The van der Waals surface area contributed by atoms with Crippen LogP contribution in [0.3, 0.4) is 0 Å². The van der Waals surface area contributed by atoms with Gasteiger partial charge in [0.05, 0.1) is 0 Å². The smallest absolute Gasteiger partial charge is 0.232 e. The van der Waals surface area contributed by atoms with E-state index in [2.05, 4.69) is 0 Å². The molecule has 2 aliphatic rings. The normalized spacial score (nSPS) is 20.2. The van der Waals surface area contributed by atoms with Crippen molar-refractivity contribution in [1.29, 1.82) is 0 Å². The van der Waals surface area contributed by atoms with Gasteiger partial charge in [0.1, 0.15) is 24.7 Å². The summed E-state index contributed by atoms with van der Waals surface area (Å²) in [6.07, 6.45) is 11.8. The van der Waals surface area contributed by atoms with Crippen molar-refractivity contribution in [3.05, 3.63) is 48.3 Å². The van der Waals surface area contributed by atoms with Crippen molar-refractivity contribution in [1.82, 2.24) is 0 Å². The third kappa shape index (κ3) is 2.16. The van der Waals surface area contributed by atoms with Gasteiger partial charge in [-0.15, -0.1) is 0 Å². The molecule has 2 rings (SSSR count). The van der Waals surface area contributed by atoms with Crippen LogP contribution in [0.5, 0.6) is 0 Å². The molecule has 1 unspecified atom stereocenters. The quantitative estimate of drug-likeness (QED) is 0.786. The van der Waals surface area contributed by atoms with Gasteiger partial charge in [0.2, 0.25) is 5.91 Å². The standard InChI is InChI=1S/C12H13NO3/c13-12(14)11(9-4-2-1-3-5-9)10-8-15-6-7-16-10/h1-2,4,6-8,11H,3,5H2,(H2,13,14). The summed E-state index contributed by atoms with van der Waals surface area (Å²) in [6, 6.07) is 0. The second-order valence-corrected chi connectivity index (χ2v) is 3.59. The van der Waals surface area contributed by atoms with Gasteiger partial charge < -0.3 is 15.2 Å². The lowest BCUT2D eigenvalue weighted by Crippen LogP contribution is -2.28. The average Bonchev–Trinajstić information content (AvgIpc) is 2.31. The molecule has 1 atom stereocenters. The monoisotopic (exact) mass is 219 g/mol. The zero-order valence-corrected chi connectivity index (χ0v) is 8.76. The number of amides is 1. The number of ether oxygens (including phenoxy) is 2. The molecule has 0 saturated carbocycles. The van der Waals surface area contributed by atoms with E-state index in [0.29, 0.717) is 5.76 Å². The van der Waals surface area contributed by atoms with Gasteiger partial charge in [0, 0.05) is 0 Å². The summed E-state index contributed by atoms with van der Waals surface area (Å²) < 4.78 is 10.2. The molecule has 1 aliphatic heterocycles. The Bertz CT molecular complexity index is 404. The minimum atomic E-state index is -0.533. The van der Waals surface area contributed by atoms with Crippen molar-refractivity contribution in [2.75, 3.05) is 0 Å². The number of primary amides is 1. The van der Waals surface area contributed by atoms with E-state index in [1.54, 1.807) is 0 Å². The van der Waals surface area contributed by atoms with E-state index in [1.165, 1.54) is 18.8 Å². The maximum absolute atomic E-state index is 11.5. The molecule has 0 aromatic carbocycles. The van der Waals surface area contributed by atoms with Gasteiger partial charge in [0.25, 0.3) is 0 Å². The Morgan fingerprint density at radius 2 is 2.31 bits per heavy atom. The zero-order valence-electron chi connectivity index (χ0n) is 8.76. The van der Waals surface area contributed by atoms with E-state index < -0.39 is 11.8 Å². The Labute approximate surface area is 93.7 Å². The van der Waals surface area contributed by atoms with Crippen LogP contribution >= 0.6 is 0 Å². The van der Waals surface area contributed by atoms with Gasteiger partial charge in [-0.25, -0.2) is 0 Å². The van der Waals surface area contributed by atoms with E-state index in [9.17, 15) is 4.79 Å². The van der Waals surface area contributed by atoms with Crippen molar-refractivity contribution in [2.24, 2.45) is 11.7 Å². The van der Waals surface area contributed by atoms with E-state index in [1.807, 2.05) is 18.2 Å². The molecule has 1 heterocycles. The molecule has 4 heteroatoms. The van der Waals surface area contributed by atoms with Crippen LogP contribution in [0.15, 0.2) is 48.3 Å². The zero-order chi connectivity index (χ0) is 11.4. The number of carbonyl (C=O) groups excluding carboxylic acids is 1. The first kappa shape index (κ1) is 10.5. The maximum Gasteiger partial charge on any atom is 0.232 e. The molecule has 0 saturated heterocycles. The van der Waals surface area contributed by atoms with Crippen molar-refractivity contribution < 1.29 is 14.3 Å². The van der Waals surface area contributed by atoms with E-state index >= 15 is 0 Å². The number of nitrogens with two attached hydrogens (primary N) is 1. The van der Waals surface area contributed by atoms with Crippen LogP contribution in [-0.2, 0) is 14.3 Å². The second-order valence-electron chi connectivity index (χ2n) is 3.59. The Hall–Kier alpha value is -1.97.